The minimum absolute atomic E-state index is 0.0288. The summed E-state index contributed by atoms with van der Waals surface area (Å²) < 4.78 is 13.8. The Morgan fingerprint density at radius 1 is 1.27 bits per heavy atom. The highest BCUT2D eigenvalue weighted by atomic mass is 35.5. The van der Waals surface area contributed by atoms with E-state index in [1.807, 2.05) is 0 Å². The average Bonchev–Trinajstić information content (AvgIpc) is 3.33. The Kier molecular flexibility index (Phi) is 4.39. The van der Waals surface area contributed by atoms with Gasteiger partial charge in [0.15, 0.2) is 0 Å². The third-order valence-electron chi connectivity index (χ3n) is 3.80. The van der Waals surface area contributed by atoms with Crippen LogP contribution >= 0.6 is 11.6 Å². The molecule has 114 valence electrons. The molecule has 1 aromatic heterocycles. The van der Waals surface area contributed by atoms with Gasteiger partial charge in [-0.05, 0) is 30.5 Å². The van der Waals surface area contributed by atoms with Gasteiger partial charge in [-0.1, -0.05) is 29.8 Å². The number of halogens is 2. The Labute approximate surface area is 133 Å². The predicted molar refractivity (Wildman–Crippen MR) is 82.9 cm³/mol. The van der Waals surface area contributed by atoms with Crippen molar-refractivity contribution in [2.24, 2.45) is 0 Å². The number of pyridine rings is 1. The Balaban J connectivity index is 1.75. The quantitative estimate of drug-likeness (QED) is 0.844. The minimum atomic E-state index is -0.275. The summed E-state index contributed by atoms with van der Waals surface area (Å²) in [5.74, 6) is -0.304. The third kappa shape index (κ3) is 3.45. The molecule has 0 radical (unpaired) electrons. The van der Waals surface area contributed by atoms with Crippen LogP contribution in [0.1, 0.15) is 24.0 Å². The van der Waals surface area contributed by atoms with E-state index in [9.17, 15) is 9.18 Å². The van der Waals surface area contributed by atoms with Crippen LogP contribution in [0.5, 0.6) is 0 Å². The highest BCUT2D eigenvalue weighted by Crippen LogP contribution is 2.30. The van der Waals surface area contributed by atoms with Crippen molar-refractivity contribution in [2.45, 2.75) is 31.8 Å². The van der Waals surface area contributed by atoms with E-state index >= 15 is 0 Å². The second-order valence-corrected chi connectivity index (χ2v) is 5.90. The van der Waals surface area contributed by atoms with E-state index in [4.69, 9.17) is 11.6 Å². The second-order valence-electron chi connectivity index (χ2n) is 5.49. The van der Waals surface area contributed by atoms with Crippen molar-refractivity contribution in [3.8, 4) is 0 Å². The number of aromatic nitrogens is 1. The molecule has 0 N–H and O–H groups in total. The Morgan fingerprint density at radius 3 is 2.73 bits per heavy atom. The first-order chi connectivity index (χ1) is 10.6. The number of nitrogens with zero attached hydrogens (tertiary/aromatic N) is 2. The molecule has 1 saturated carbocycles. The predicted octanol–water partition coefficient (Wildman–Crippen LogP) is 3.61. The molecular formula is C17H16ClFN2O. The number of rotatable bonds is 5. The summed E-state index contributed by atoms with van der Waals surface area (Å²) in [4.78, 5) is 18.3. The highest BCUT2D eigenvalue weighted by Gasteiger charge is 2.33. The maximum Gasteiger partial charge on any atom is 0.227 e. The molecular weight excluding hydrogens is 303 g/mol. The average molecular weight is 319 g/mol. The van der Waals surface area contributed by atoms with Gasteiger partial charge >= 0.3 is 0 Å². The lowest BCUT2D eigenvalue weighted by Crippen LogP contribution is -2.34. The van der Waals surface area contributed by atoms with Crippen LogP contribution in [0.3, 0.4) is 0 Å². The maximum absolute atomic E-state index is 13.8. The number of hydrogen-bond donors (Lipinski definition) is 0. The molecule has 1 aromatic carbocycles. The lowest BCUT2D eigenvalue weighted by molar-refractivity contribution is -0.131. The van der Waals surface area contributed by atoms with Crippen molar-refractivity contribution >= 4 is 17.5 Å². The third-order valence-corrected chi connectivity index (χ3v) is 4.14. The molecule has 3 nitrogen and oxygen atoms in total. The van der Waals surface area contributed by atoms with E-state index < -0.39 is 0 Å². The normalized spacial score (nSPS) is 13.9. The van der Waals surface area contributed by atoms with Gasteiger partial charge in [-0.15, -0.1) is 0 Å². The van der Waals surface area contributed by atoms with Crippen molar-refractivity contribution in [1.29, 1.82) is 0 Å². The van der Waals surface area contributed by atoms with Crippen molar-refractivity contribution in [3.63, 3.8) is 0 Å². The number of amides is 1. The van der Waals surface area contributed by atoms with Crippen LogP contribution in [0.4, 0.5) is 4.39 Å². The number of carbonyl (C=O) groups is 1. The zero-order valence-corrected chi connectivity index (χ0v) is 12.8. The Hall–Kier alpha value is -1.94. The fourth-order valence-corrected chi connectivity index (χ4v) is 2.62. The molecule has 1 aliphatic carbocycles. The molecule has 0 atom stereocenters. The SMILES string of the molecule is O=C(Cc1ccncc1Cl)N(Cc1ccccc1F)C1CC1. The topological polar surface area (TPSA) is 33.2 Å². The Morgan fingerprint density at radius 2 is 2.05 bits per heavy atom. The molecule has 0 saturated heterocycles. The summed E-state index contributed by atoms with van der Waals surface area (Å²) in [6.07, 6.45) is 5.32. The molecule has 1 aliphatic rings. The number of hydrogen-bond acceptors (Lipinski definition) is 2. The van der Waals surface area contributed by atoms with E-state index in [1.54, 1.807) is 35.4 Å². The van der Waals surface area contributed by atoms with Gasteiger partial charge in [0.2, 0.25) is 5.91 Å². The van der Waals surface area contributed by atoms with E-state index in [-0.39, 0.29) is 24.2 Å². The largest absolute Gasteiger partial charge is 0.335 e. The molecule has 0 aliphatic heterocycles. The maximum atomic E-state index is 13.8. The van der Waals surface area contributed by atoms with E-state index in [0.29, 0.717) is 17.1 Å². The highest BCUT2D eigenvalue weighted by molar-refractivity contribution is 6.31. The van der Waals surface area contributed by atoms with E-state index in [1.165, 1.54) is 12.3 Å². The van der Waals surface area contributed by atoms with E-state index in [0.717, 1.165) is 18.4 Å². The lowest BCUT2D eigenvalue weighted by Gasteiger charge is -2.23. The van der Waals surface area contributed by atoms with Crippen LogP contribution in [-0.4, -0.2) is 21.8 Å². The molecule has 1 heterocycles. The van der Waals surface area contributed by atoms with Crippen LogP contribution in [0.25, 0.3) is 0 Å². The summed E-state index contributed by atoms with van der Waals surface area (Å²) in [6.45, 7) is 0.304. The van der Waals surface area contributed by atoms with Crippen LogP contribution in [0, 0.1) is 5.82 Å². The van der Waals surface area contributed by atoms with Gasteiger partial charge in [-0.2, -0.15) is 0 Å². The van der Waals surface area contributed by atoms with Gasteiger partial charge in [-0.25, -0.2) is 4.39 Å². The molecule has 3 rings (SSSR count). The summed E-state index contributed by atoms with van der Waals surface area (Å²) in [7, 11) is 0. The smallest absolute Gasteiger partial charge is 0.227 e. The fourth-order valence-electron chi connectivity index (χ4n) is 2.43. The standard InChI is InChI=1S/C17H16ClFN2O/c18-15-10-20-8-7-12(15)9-17(22)21(14-5-6-14)11-13-3-1-2-4-16(13)19/h1-4,7-8,10,14H,5-6,9,11H2. The van der Waals surface area contributed by atoms with Crippen LogP contribution < -0.4 is 0 Å². The summed E-state index contributed by atoms with van der Waals surface area (Å²) in [6, 6.07) is 8.54. The molecule has 22 heavy (non-hydrogen) atoms. The Bertz CT molecular complexity index is 688. The molecule has 2 aromatic rings. The van der Waals surface area contributed by atoms with Crippen LogP contribution in [-0.2, 0) is 17.8 Å². The van der Waals surface area contributed by atoms with Gasteiger partial charge in [0.25, 0.3) is 0 Å². The molecule has 1 fully saturated rings. The molecule has 0 unspecified atom stereocenters. The van der Waals surface area contributed by atoms with Gasteiger partial charge < -0.3 is 4.90 Å². The van der Waals surface area contributed by atoms with Gasteiger partial charge in [0.05, 0.1) is 11.4 Å². The zero-order chi connectivity index (χ0) is 15.5. The van der Waals surface area contributed by atoms with Crippen molar-refractivity contribution < 1.29 is 9.18 Å². The van der Waals surface area contributed by atoms with Gasteiger partial charge in [0.1, 0.15) is 5.82 Å². The van der Waals surface area contributed by atoms with Crippen LogP contribution in [0.2, 0.25) is 5.02 Å². The first-order valence-electron chi connectivity index (χ1n) is 7.26. The summed E-state index contributed by atoms with van der Waals surface area (Å²) in [5, 5.41) is 0.484. The van der Waals surface area contributed by atoms with Gasteiger partial charge in [0, 0.05) is 30.5 Å². The minimum Gasteiger partial charge on any atom is -0.335 e. The second kappa shape index (κ2) is 6.44. The van der Waals surface area contributed by atoms with Crippen molar-refractivity contribution in [3.05, 3.63) is 64.7 Å². The first kappa shape index (κ1) is 15.0. The van der Waals surface area contributed by atoms with Gasteiger partial charge in [-0.3, -0.25) is 9.78 Å². The zero-order valence-electron chi connectivity index (χ0n) is 12.0. The lowest BCUT2D eigenvalue weighted by atomic mass is 10.1. The molecule has 0 bridgehead atoms. The van der Waals surface area contributed by atoms with Crippen LogP contribution in [0.15, 0.2) is 42.7 Å². The van der Waals surface area contributed by atoms with E-state index in [2.05, 4.69) is 4.98 Å². The number of benzene rings is 1. The monoisotopic (exact) mass is 318 g/mol. The number of carbonyl (C=O) groups excluding carboxylic acids is 1. The molecule has 0 spiro atoms. The van der Waals surface area contributed by atoms with Crippen molar-refractivity contribution in [2.75, 3.05) is 0 Å². The summed E-state index contributed by atoms with van der Waals surface area (Å²) in [5.41, 5.74) is 1.30. The fraction of sp³-hybridized carbons (Fsp3) is 0.294. The summed E-state index contributed by atoms with van der Waals surface area (Å²) >= 11 is 6.06. The first-order valence-corrected chi connectivity index (χ1v) is 7.64. The molecule has 1 amide bonds. The molecule has 5 heteroatoms. The van der Waals surface area contributed by atoms with Crippen molar-refractivity contribution in [1.82, 2.24) is 9.88 Å².